The van der Waals surface area contributed by atoms with Crippen LogP contribution in [0.15, 0.2) is 10.6 Å². The largest absolute Gasteiger partial charge is 0.361 e. The smallest absolute Gasteiger partial charge is 0.276 e. The number of carbonyl (C=O) groups excluding carboxylic acids is 1. The zero-order chi connectivity index (χ0) is 14.3. The van der Waals surface area contributed by atoms with E-state index in [-0.39, 0.29) is 5.91 Å². The second-order valence-electron chi connectivity index (χ2n) is 6.42. The summed E-state index contributed by atoms with van der Waals surface area (Å²) in [4.78, 5) is 17.1. The number of nitrogens with zero attached hydrogens (tertiary/aromatic N) is 3. The molecule has 5 nitrogen and oxygen atoms in total. The first-order chi connectivity index (χ1) is 9.56. The summed E-state index contributed by atoms with van der Waals surface area (Å²) in [6, 6.07) is 2.63. The number of hydrogen-bond acceptors (Lipinski definition) is 4. The first-order valence-electron chi connectivity index (χ1n) is 7.54. The van der Waals surface area contributed by atoms with Crippen molar-refractivity contribution in [3.05, 3.63) is 17.5 Å². The highest BCUT2D eigenvalue weighted by molar-refractivity contribution is 5.92. The first-order valence-corrected chi connectivity index (χ1v) is 7.54. The third kappa shape index (κ3) is 2.35. The number of likely N-dealkylation sites (tertiary alicyclic amines) is 2. The Kier molecular flexibility index (Phi) is 3.54. The van der Waals surface area contributed by atoms with Crippen molar-refractivity contribution in [1.82, 2.24) is 15.0 Å². The van der Waals surface area contributed by atoms with Crippen LogP contribution in [0, 0.1) is 12.8 Å². The van der Waals surface area contributed by atoms with Crippen molar-refractivity contribution in [2.45, 2.75) is 45.7 Å². The number of amides is 1. The highest BCUT2D eigenvalue weighted by Crippen LogP contribution is 2.32. The molecule has 3 heterocycles. The average molecular weight is 277 g/mol. The number of carbonyl (C=O) groups is 1. The molecule has 0 bridgehead atoms. The third-order valence-electron chi connectivity index (χ3n) is 4.40. The van der Waals surface area contributed by atoms with Gasteiger partial charge in [-0.3, -0.25) is 9.69 Å². The minimum Gasteiger partial charge on any atom is -0.361 e. The van der Waals surface area contributed by atoms with E-state index in [0.29, 0.717) is 29.5 Å². The van der Waals surface area contributed by atoms with Gasteiger partial charge in [-0.15, -0.1) is 0 Å². The van der Waals surface area contributed by atoms with Gasteiger partial charge in [-0.25, -0.2) is 0 Å². The van der Waals surface area contributed by atoms with Gasteiger partial charge < -0.3 is 9.42 Å². The molecule has 0 N–H and O–H groups in total. The molecule has 0 spiro atoms. The summed E-state index contributed by atoms with van der Waals surface area (Å²) in [6.07, 6.45) is 2.17. The molecule has 2 saturated heterocycles. The van der Waals surface area contributed by atoms with E-state index in [1.54, 1.807) is 6.07 Å². The van der Waals surface area contributed by atoms with Gasteiger partial charge in [0.15, 0.2) is 5.69 Å². The maximum atomic E-state index is 12.5. The van der Waals surface area contributed by atoms with Crippen LogP contribution >= 0.6 is 0 Å². The highest BCUT2D eigenvalue weighted by Gasteiger charge is 2.44. The number of aromatic nitrogens is 1. The molecule has 110 valence electrons. The average Bonchev–Trinajstić information content (AvgIpc) is 3.05. The molecular weight excluding hydrogens is 254 g/mol. The maximum Gasteiger partial charge on any atom is 0.276 e. The summed E-state index contributed by atoms with van der Waals surface area (Å²) in [7, 11) is 0. The van der Waals surface area contributed by atoms with Gasteiger partial charge in [-0.05, 0) is 25.7 Å². The van der Waals surface area contributed by atoms with Crippen molar-refractivity contribution < 1.29 is 9.32 Å². The van der Waals surface area contributed by atoms with Crippen LogP contribution in [0.5, 0.6) is 0 Å². The van der Waals surface area contributed by atoms with E-state index in [2.05, 4.69) is 23.9 Å². The summed E-state index contributed by atoms with van der Waals surface area (Å²) in [6.45, 7) is 9.40. The quantitative estimate of drug-likeness (QED) is 0.847. The van der Waals surface area contributed by atoms with Crippen LogP contribution in [0.4, 0.5) is 0 Å². The van der Waals surface area contributed by atoms with E-state index >= 15 is 0 Å². The molecule has 2 atom stereocenters. The molecule has 5 heteroatoms. The fourth-order valence-corrected chi connectivity index (χ4v) is 3.64. The summed E-state index contributed by atoms with van der Waals surface area (Å²) >= 11 is 0. The van der Waals surface area contributed by atoms with Crippen molar-refractivity contribution in [2.75, 3.05) is 19.6 Å². The van der Waals surface area contributed by atoms with Crippen LogP contribution in [0.1, 0.15) is 42.9 Å². The lowest BCUT2D eigenvalue weighted by Crippen LogP contribution is -2.40. The van der Waals surface area contributed by atoms with Crippen LogP contribution in [-0.2, 0) is 0 Å². The first kappa shape index (κ1) is 13.6. The number of hydrogen-bond donors (Lipinski definition) is 0. The van der Waals surface area contributed by atoms with Crippen molar-refractivity contribution in [3.8, 4) is 0 Å². The Hall–Kier alpha value is -1.36. The van der Waals surface area contributed by atoms with Gasteiger partial charge in [0, 0.05) is 37.8 Å². The molecule has 0 aromatic carbocycles. The number of aryl methyl sites for hydroxylation is 1. The van der Waals surface area contributed by atoms with Crippen molar-refractivity contribution in [3.63, 3.8) is 0 Å². The lowest BCUT2D eigenvalue weighted by atomic mass is 10.1. The topological polar surface area (TPSA) is 49.6 Å². The third-order valence-corrected chi connectivity index (χ3v) is 4.40. The molecule has 0 radical (unpaired) electrons. The Bertz CT molecular complexity index is 497. The zero-order valence-electron chi connectivity index (χ0n) is 12.5. The van der Waals surface area contributed by atoms with Crippen LogP contribution in [-0.4, -0.2) is 52.6 Å². The molecule has 1 amide bonds. The maximum absolute atomic E-state index is 12.5. The van der Waals surface area contributed by atoms with E-state index in [0.717, 1.165) is 32.5 Å². The van der Waals surface area contributed by atoms with E-state index in [4.69, 9.17) is 4.52 Å². The van der Waals surface area contributed by atoms with Crippen molar-refractivity contribution in [2.24, 2.45) is 5.92 Å². The summed E-state index contributed by atoms with van der Waals surface area (Å²) in [5.74, 6) is 1.40. The Morgan fingerprint density at radius 3 is 2.80 bits per heavy atom. The van der Waals surface area contributed by atoms with E-state index in [1.165, 1.54) is 0 Å². The van der Waals surface area contributed by atoms with Gasteiger partial charge >= 0.3 is 0 Å². The Morgan fingerprint density at radius 1 is 1.40 bits per heavy atom. The highest BCUT2D eigenvalue weighted by atomic mass is 16.5. The van der Waals surface area contributed by atoms with Gasteiger partial charge in [0.25, 0.3) is 5.91 Å². The van der Waals surface area contributed by atoms with Crippen LogP contribution in [0.3, 0.4) is 0 Å². The normalized spacial score (nSPS) is 26.5. The monoisotopic (exact) mass is 277 g/mol. The molecule has 1 aromatic rings. The molecule has 1 aromatic heterocycles. The SMILES string of the molecule is Cc1cc(C(=O)N2CC[C@@H]3[C@@H]2CCN3CC(C)C)no1. The van der Waals surface area contributed by atoms with E-state index < -0.39 is 0 Å². The fourth-order valence-electron chi connectivity index (χ4n) is 3.64. The summed E-state index contributed by atoms with van der Waals surface area (Å²) in [5, 5.41) is 3.86. The minimum atomic E-state index is 0.0285. The van der Waals surface area contributed by atoms with Gasteiger partial charge in [0.05, 0.1) is 0 Å². The zero-order valence-corrected chi connectivity index (χ0v) is 12.5. The molecular formula is C15H23N3O2. The molecule has 2 fully saturated rings. The lowest BCUT2D eigenvalue weighted by molar-refractivity contribution is 0.0721. The van der Waals surface area contributed by atoms with Gasteiger partial charge in [0.2, 0.25) is 0 Å². The predicted molar refractivity (Wildman–Crippen MR) is 75.5 cm³/mol. The minimum absolute atomic E-state index is 0.0285. The van der Waals surface area contributed by atoms with Crippen molar-refractivity contribution >= 4 is 5.91 Å². The number of fused-ring (bicyclic) bond motifs is 1. The second-order valence-corrected chi connectivity index (χ2v) is 6.42. The van der Waals surface area contributed by atoms with Gasteiger partial charge in [-0.1, -0.05) is 19.0 Å². The Balaban J connectivity index is 1.70. The van der Waals surface area contributed by atoms with Crippen LogP contribution in [0.2, 0.25) is 0 Å². The number of rotatable bonds is 3. The molecule has 2 aliphatic heterocycles. The van der Waals surface area contributed by atoms with Crippen LogP contribution in [0.25, 0.3) is 0 Å². The Labute approximate surface area is 119 Å². The summed E-state index contributed by atoms with van der Waals surface area (Å²) in [5.41, 5.74) is 0.449. The molecule has 2 aliphatic rings. The Morgan fingerprint density at radius 2 is 2.15 bits per heavy atom. The van der Waals surface area contributed by atoms with Gasteiger partial charge in [0.1, 0.15) is 5.76 Å². The molecule has 0 aliphatic carbocycles. The molecule has 3 rings (SSSR count). The van der Waals surface area contributed by atoms with Gasteiger partial charge in [-0.2, -0.15) is 0 Å². The molecule has 0 unspecified atom stereocenters. The van der Waals surface area contributed by atoms with E-state index in [9.17, 15) is 4.79 Å². The van der Waals surface area contributed by atoms with E-state index in [1.807, 2.05) is 11.8 Å². The second kappa shape index (κ2) is 5.20. The fraction of sp³-hybridized carbons (Fsp3) is 0.733. The lowest BCUT2D eigenvalue weighted by Gasteiger charge is -2.26. The molecule has 0 saturated carbocycles. The predicted octanol–water partition coefficient (Wildman–Crippen LogP) is 1.93. The van der Waals surface area contributed by atoms with Crippen LogP contribution < -0.4 is 0 Å². The molecule has 20 heavy (non-hydrogen) atoms. The van der Waals surface area contributed by atoms with Crippen molar-refractivity contribution in [1.29, 1.82) is 0 Å². The summed E-state index contributed by atoms with van der Waals surface area (Å²) < 4.78 is 5.02. The standard InChI is InChI=1S/C15H23N3O2/c1-10(2)9-17-6-4-14-13(17)5-7-18(14)15(19)12-8-11(3)20-16-12/h8,10,13-14H,4-7,9H2,1-3H3/t13-,14+/m1/s1.